The van der Waals surface area contributed by atoms with Gasteiger partial charge in [-0.1, -0.05) is 38.1 Å². The molecule has 2 atom stereocenters. The van der Waals surface area contributed by atoms with Crippen molar-refractivity contribution in [2.75, 3.05) is 28.4 Å². The molecule has 3 aromatic rings. The molecule has 0 saturated heterocycles. The lowest BCUT2D eigenvalue weighted by molar-refractivity contribution is -0.0827. The van der Waals surface area contributed by atoms with Crippen LogP contribution in [0.3, 0.4) is 0 Å². The van der Waals surface area contributed by atoms with Crippen LogP contribution in [0, 0.1) is 11.3 Å². The molecule has 1 aliphatic carbocycles. The predicted molar refractivity (Wildman–Crippen MR) is 169 cm³/mol. The van der Waals surface area contributed by atoms with Gasteiger partial charge in [-0.3, -0.25) is 0 Å². The summed E-state index contributed by atoms with van der Waals surface area (Å²) in [6, 6.07) is 13.5. The second-order valence-corrected chi connectivity index (χ2v) is 12.2. The summed E-state index contributed by atoms with van der Waals surface area (Å²) in [5, 5.41) is 10.9. The van der Waals surface area contributed by atoms with E-state index in [1.165, 1.54) is 18.4 Å². The first-order valence-electron chi connectivity index (χ1n) is 14.5. The van der Waals surface area contributed by atoms with Gasteiger partial charge in [-0.25, -0.2) is 0 Å². The van der Waals surface area contributed by atoms with Crippen molar-refractivity contribution < 1.29 is 28.8 Å². The molecule has 0 unspecified atom stereocenters. The van der Waals surface area contributed by atoms with Crippen molar-refractivity contribution in [1.82, 2.24) is 0 Å². The molecule has 0 spiro atoms. The van der Waals surface area contributed by atoms with Crippen molar-refractivity contribution in [3.63, 3.8) is 0 Å². The maximum atomic E-state index is 10.9. The smallest absolute Gasteiger partial charge is 0.165 e. The summed E-state index contributed by atoms with van der Waals surface area (Å²) < 4.78 is 28.9. The van der Waals surface area contributed by atoms with Crippen LogP contribution < -0.4 is 23.7 Å². The van der Waals surface area contributed by atoms with Crippen molar-refractivity contribution in [2.24, 2.45) is 11.3 Å². The molecule has 1 N–H and O–H groups in total. The molecule has 1 fully saturated rings. The van der Waals surface area contributed by atoms with Gasteiger partial charge in [0, 0.05) is 5.92 Å². The van der Waals surface area contributed by atoms with Gasteiger partial charge in [-0.2, -0.15) is 0 Å². The quantitative estimate of drug-likeness (QED) is 0.275. The molecular weight excluding hydrogens is 528 g/mol. The maximum absolute atomic E-state index is 10.9. The van der Waals surface area contributed by atoms with E-state index in [0.717, 1.165) is 41.0 Å². The first-order valence-corrected chi connectivity index (χ1v) is 14.5. The molecule has 222 valence electrons. The summed E-state index contributed by atoms with van der Waals surface area (Å²) in [6.45, 7) is 7.01. The van der Waals surface area contributed by atoms with Crippen LogP contribution in [0.5, 0.6) is 34.5 Å². The largest absolute Gasteiger partial charge is 0.507 e. The van der Waals surface area contributed by atoms with Crippen molar-refractivity contribution in [3.8, 4) is 34.5 Å². The van der Waals surface area contributed by atoms with Crippen molar-refractivity contribution >= 4 is 24.3 Å². The number of benzene rings is 3. The van der Waals surface area contributed by atoms with E-state index in [0.29, 0.717) is 28.7 Å². The first-order chi connectivity index (χ1) is 20.1. The molecule has 1 saturated carbocycles. The van der Waals surface area contributed by atoms with Gasteiger partial charge >= 0.3 is 0 Å². The van der Waals surface area contributed by atoms with Crippen LogP contribution in [0.1, 0.15) is 67.9 Å². The van der Waals surface area contributed by atoms with Crippen molar-refractivity contribution in [3.05, 3.63) is 70.3 Å². The topological polar surface area (TPSA) is 66.4 Å². The summed E-state index contributed by atoms with van der Waals surface area (Å²) in [5.74, 6) is 4.06. The number of methoxy groups -OCH3 is 4. The number of fused-ring (bicyclic) bond motifs is 2. The van der Waals surface area contributed by atoms with E-state index >= 15 is 0 Å². The van der Waals surface area contributed by atoms with Crippen molar-refractivity contribution in [1.29, 1.82) is 0 Å². The van der Waals surface area contributed by atoms with Gasteiger partial charge in [-0.15, -0.1) is 0 Å². The SMILES string of the molecule is COc1ccc(/C=C/c2c(O)cc(/C=C/c3cc4c(c(OC)c3)O[C@]3(C)CCCC(C)(C)[C@H]3C4)cc2OC)cc1OC. The van der Waals surface area contributed by atoms with Crippen LogP contribution in [0.4, 0.5) is 0 Å². The van der Waals surface area contributed by atoms with Crippen LogP contribution in [0.15, 0.2) is 42.5 Å². The second kappa shape index (κ2) is 11.7. The zero-order chi connectivity index (χ0) is 30.1. The van der Waals surface area contributed by atoms with E-state index in [2.05, 4.69) is 26.8 Å². The summed E-state index contributed by atoms with van der Waals surface area (Å²) in [5.41, 5.74) is 4.55. The molecule has 0 bridgehead atoms. The normalized spacial score (nSPS) is 21.0. The van der Waals surface area contributed by atoms with Crippen LogP contribution in [-0.2, 0) is 6.42 Å². The Labute approximate surface area is 249 Å². The third-order valence-corrected chi connectivity index (χ3v) is 8.99. The van der Waals surface area contributed by atoms with Crippen LogP contribution in [0.2, 0.25) is 0 Å². The molecule has 5 rings (SSSR count). The number of rotatable bonds is 8. The van der Waals surface area contributed by atoms with Gasteiger partial charge in [0.25, 0.3) is 0 Å². The Balaban J connectivity index is 1.42. The third kappa shape index (κ3) is 5.67. The highest BCUT2D eigenvalue weighted by Crippen LogP contribution is 2.54. The maximum Gasteiger partial charge on any atom is 0.165 e. The number of ether oxygens (including phenoxy) is 5. The molecule has 1 aliphatic heterocycles. The fourth-order valence-corrected chi connectivity index (χ4v) is 6.73. The summed E-state index contributed by atoms with van der Waals surface area (Å²) in [7, 11) is 6.51. The van der Waals surface area contributed by atoms with Crippen LogP contribution in [0.25, 0.3) is 24.3 Å². The average molecular weight is 571 g/mol. The molecule has 0 radical (unpaired) electrons. The summed E-state index contributed by atoms with van der Waals surface area (Å²) in [6.07, 6.45) is 12.2. The minimum atomic E-state index is -0.177. The van der Waals surface area contributed by atoms with E-state index in [-0.39, 0.29) is 16.8 Å². The fraction of sp³-hybridized carbons (Fsp3) is 0.389. The number of hydrogen-bond acceptors (Lipinski definition) is 6. The van der Waals surface area contributed by atoms with Gasteiger partial charge in [0.2, 0.25) is 0 Å². The molecule has 6 nitrogen and oxygen atoms in total. The van der Waals surface area contributed by atoms with Crippen molar-refractivity contribution in [2.45, 2.75) is 52.1 Å². The number of aromatic hydroxyl groups is 1. The minimum Gasteiger partial charge on any atom is -0.507 e. The molecular formula is C36H42O6. The molecule has 2 aliphatic rings. The van der Waals surface area contributed by atoms with E-state index in [9.17, 15) is 5.11 Å². The van der Waals surface area contributed by atoms with Crippen LogP contribution >= 0.6 is 0 Å². The summed E-state index contributed by atoms with van der Waals surface area (Å²) >= 11 is 0. The standard InChI is InChI=1S/C36H42O6/c1-35(2)15-8-16-36(3)33(35)22-26-17-24(21-32(41-7)34(26)42-36)9-10-25-18-28(37)27(30(20-25)39-5)13-11-23-12-14-29(38-4)31(19-23)40-6/h9-14,17-21,33,37H,8,15-16,22H2,1-7H3/b10-9+,13-11+/t33-,36-/m1/s1. The lowest BCUT2D eigenvalue weighted by atomic mass is 9.59. The monoisotopic (exact) mass is 570 g/mol. The van der Waals surface area contributed by atoms with Crippen LogP contribution in [-0.4, -0.2) is 39.1 Å². The van der Waals surface area contributed by atoms with E-state index in [1.54, 1.807) is 34.5 Å². The van der Waals surface area contributed by atoms with E-state index < -0.39 is 0 Å². The second-order valence-electron chi connectivity index (χ2n) is 12.2. The predicted octanol–water partition coefficient (Wildman–Crippen LogP) is 8.29. The van der Waals surface area contributed by atoms with Gasteiger partial charge < -0.3 is 28.8 Å². The lowest BCUT2D eigenvalue weighted by Crippen LogP contribution is -2.54. The van der Waals surface area contributed by atoms with Gasteiger partial charge in [-0.05, 0) is 103 Å². The molecule has 42 heavy (non-hydrogen) atoms. The molecule has 0 amide bonds. The molecule has 1 heterocycles. The Kier molecular flexibility index (Phi) is 8.18. The first kappa shape index (κ1) is 29.4. The highest BCUT2D eigenvalue weighted by atomic mass is 16.5. The molecule has 6 heteroatoms. The van der Waals surface area contributed by atoms with Gasteiger partial charge in [0.1, 0.15) is 17.1 Å². The highest BCUT2D eigenvalue weighted by Gasteiger charge is 2.51. The number of hydrogen-bond donors (Lipinski definition) is 1. The highest BCUT2D eigenvalue weighted by molar-refractivity contribution is 5.80. The minimum absolute atomic E-state index is 0.126. The van der Waals surface area contributed by atoms with E-state index in [4.69, 9.17) is 23.7 Å². The Hall–Kier alpha value is -4.06. The lowest BCUT2D eigenvalue weighted by Gasteiger charge is -2.53. The fourth-order valence-electron chi connectivity index (χ4n) is 6.73. The van der Waals surface area contributed by atoms with Gasteiger partial charge in [0.05, 0.1) is 34.0 Å². The zero-order valence-corrected chi connectivity index (χ0v) is 25.7. The summed E-state index contributed by atoms with van der Waals surface area (Å²) in [4.78, 5) is 0. The Morgan fingerprint density at radius 3 is 2.02 bits per heavy atom. The van der Waals surface area contributed by atoms with E-state index in [1.807, 2.05) is 54.6 Å². The number of phenols is 1. The molecule has 0 aromatic heterocycles. The van der Waals surface area contributed by atoms with Gasteiger partial charge in [0.15, 0.2) is 23.0 Å². The number of phenolic OH excluding ortho intramolecular Hbond substituents is 1. The zero-order valence-electron chi connectivity index (χ0n) is 25.7. The Morgan fingerprint density at radius 2 is 1.33 bits per heavy atom. The Morgan fingerprint density at radius 1 is 0.714 bits per heavy atom. The average Bonchev–Trinajstić information content (AvgIpc) is 2.97. The Bertz CT molecular complexity index is 1520. The third-order valence-electron chi connectivity index (χ3n) is 8.99. The molecule has 3 aromatic carbocycles.